The molecule has 2 aromatic heterocycles. The predicted octanol–water partition coefficient (Wildman–Crippen LogP) is 4.97. The average molecular weight is 495 g/mol. The number of carbonyl (C=O) groups excluding carboxylic acids is 1. The Labute approximate surface area is 207 Å². The molecule has 2 heterocycles. The summed E-state index contributed by atoms with van der Waals surface area (Å²) in [6.45, 7) is 4.18. The summed E-state index contributed by atoms with van der Waals surface area (Å²) in [5.74, 6) is -0.997. The third-order valence-electron chi connectivity index (χ3n) is 4.68. The molecule has 0 aliphatic carbocycles. The second kappa shape index (κ2) is 12.3. The topological polar surface area (TPSA) is 112 Å². The number of nitriles is 1. The molecule has 0 unspecified atom stereocenters. The number of halogens is 2. The third-order valence-corrected chi connectivity index (χ3v) is 4.93. The maximum Gasteiger partial charge on any atom is 0.283 e. The molecule has 10 heteroatoms. The zero-order valence-electron chi connectivity index (χ0n) is 19.2. The van der Waals surface area contributed by atoms with Gasteiger partial charge in [0.15, 0.2) is 5.75 Å². The van der Waals surface area contributed by atoms with Crippen LogP contribution >= 0.6 is 11.6 Å². The Balaban J connectivity index is 1.79. The van der Waals surface area contributed by atoms with Crippen LogP contribution in [-0.2, 0) is 11.3 Å². The van der Waals surface area contributed by atoms with Gasteiger partial charge in [0.1, 0.15) is 23.4 Å². The first-order valence-corrected chi connectivity index (χ1v) is 11.2. The highest BCUT2D eigenvalue weighted by Gasteiger charge is 2.17. The van der Waals surface area contributed by atoms with Crippen molar-refractivity contribution < 1.29 is 13.9 Å². The molecule has 1 aromatic carbocycles. The van der Waals surface area contributed by atoms with Crippen molar-refractivity contribution in [2.24, 2.45) is 0 Å². The number of aromatic nitrogens is 2. The van der Waals surface area contributed by atoms with E-state index in [0.29, 0.717) is 35.2 Å². The first-order valence-electron chi connectivity index (χ1n) is 10.9. The molecule has 3 rings (SSSR count). The average Bonchev–Trinajstić information content (AvgIpc) is 2.87. The second-order valence-corrected chi connectivity index (χ2v) is 7.84. The number of aryl methyl sites for hydroxylation is 1. The molecule has 0 spiro atoms. The van der Waals surface area contributed by atoms with Gasteiger partial charge in [-0.25, -0.2) is 9.97 Å². The fraction of sp³-hybridized carbons (Fsp3) is 0.200. The molecular weight excluding hydrogens is 471 g/mol. The molecule has 180 valence electrons. The Morgan fingerprint density at radius 3 is 2.57 bits per heavy atom. The van der Waals surface area contributed by atoms with E-state index in [4.69, 9.17) is 21.6 Å². The molecule has 3 N–H and O–H groups in total. The zero-order chi connectivity index (χ0) is 25.2. The number of anilines is 1. The Morgan fingerprint density at radius 1 is 1.11 bits per heavy atom. The fourth-order valence-electron chi connectivity index (χ4n) is 2.90. The Kier molecular flexibility index (Phi) is 8.98. The van der Waals surface area contributed by atoms with Crippen molar-refractivity contribution in [1.82, 2.24) is 20.6 Å². The second-order valence-electron chi connectivity index (χ2n) is 7.40. The van der Waals surface area contributed by atoms with Crippen LogP contribution in [0.5, 0.6) is 11.6 Å². The summed E-state index contributed by atoms with van der Waals surface area (Å²) in [6.07, 6.45) is 0.675. The van der Waals surface area contributed by atoms with E-state index in [9.17, 15) is 4.79 Å². The van der Waals surface area contributed by atoms with E-state index in [1.807, 2.05) is 13.0 Å². The van der Waals surface area contributed by atoms with Crippen LogP contribution < -0.4 is 20.7 Å². The maximum absolute atomic E-state index is 15.0. The maximum atomic E-state index is 15.0. The van der Waals surface area contributed by atoms with Gasteiger partial charge in [-0.2, -0.15) is 9.65 Å². The highest BCUT2D eigenvalue weighted by atomic mass is 35.5. The van der Waals surface area contributed by atoms with E-state index in [1.165, 1.54) is 0 Å². The van der Waals surface area contributed by atoms with Crippen LogP contribution in [0, 0.1) is 18.3 Å². The molecule has 0 aliphatic rings. The lowest BCUT2D eigenvalue weighted by Crippen LogP contribution is -2.30. The summed E-state index contributed by atoms with van der Waals surface area (Å²) in [7, 11) is 0. The molecule has 0 radical (unpaired) electrons. The van der Waals surface area contributed by atoms with Gasteiger partial charge in [0.25, 0.3) is 5.91 Å². The Morgan fingerprint density at radius 2 is 1.89 bits per heavy atom. The molecule has 0 bridgehead atoms. The number of hydrogen-bond acceptors (Lipinski definition) is 7. The summed E-state index contributed by atoms with van der Waals surface area (Å²) in [4.78, 5) is 20.7. The van der Waals surface area contributed by atoms with Gasteiger partial charge in [-0.05, 0) is 49.2 Å². The molecular formula is C25H24ClFN6O2. The highest BCUT2D eigenvalue weighted by Crippen LogP contribution is 2.24. The minimum Gasteiger partial charge on any atom is -0.437 e. The van der Waals surface area contributed by atoms with Crippen LogP contribution in [0.3, 0.4) is 0 Å². The fourth-order valence-corrected chi connectivity index (χ4v) is 3.03. The minimum atomic E-state index is -0.996. The van der Waals surface area contributed by atoms with Crippen LogP contribution in [0.25, 0.3) is 0 Å². The number of benzene rings is 1. The summed E-state index contributed by atoms with van der Waals surface area (Å²) in [5, 5.41) is 17.9. The number of amides is 1. The number of nitrogens with one attached hydrogen (secondary N) is 3. The Bertz CT molecular complexity index is 1260. The lowest BCUT2D eigenvalue weighted by molar-refractivity contribution is -0.118. The molecule has 0 atom stereocenters. The standard InChI is InChI=1S/C25H24ClFN6O2/c1-3-13-29-25(34)23(27)24(30-15-17-7-9-18(26)10-8-17)33-21-12-11-20(16(2)31-21)35-22-6-4-5-19(14-28)32-22/h4-12,30H,3,13,15H2,1-2H3,(H,29,34)(H,31,33)/b24-23-. The van der Waals surface area contributed by atoms with Gasteiger partial charge in [-0.3, -0.25) is 4.79 Å². The minimum absolute atomic E-state index is 0.127. The van der Waals surface area contributed by atoms with Crippen molar-refractivity contribution in [3.63, 3.8) is 0 Å². The predicted molar refractivity (Wildman–Crippen MR) is 131 cm³/mol. The van der Waals surface area contributed by atoms with Crippen molar-refractivity contribution in [1.29, 1.82) is 5.26 Å². The molecule has 0 saturated heterocycles. The molecule has 0 fully saturated rings. The SMILES string of the molecule is CCCNC(=O)/C(F)=C(\NCc1ccc(Cl)cc1)Nc1ccc(Oc2cccc(C#N)n2)c(C)n1. The van der Waals surface area contributed by atoms with Crippen LogP contribution in [0.1, 0.15) is 30.3 Å². The quantitative estimate of drug-likeness (QED) is 0.341. The van der Waals surface area contributed by atoms with Crippen LogP contribution in [0.15, 0.2) is 66.2 Å². The normalized spacial score (nSPS) is 11.2. The van der Waals surface area contributed by atoms with Gasteiger partial charge < -0.3 is 20.7 Å². The van der Waals surface area contributed by atoms with Gasteiger partial charge in [0, 0.05) is 24.2 Å². The van der Waals surface area contributed by atoms with Crippen LogP contribution in [0.4, 0.5) is 10.2 Å². The smallest absolute Gasteiger partial charge is 0.283 e. The van der Waals surface area contributed by atoms with E-state index in [-0.39, 0.29) is 23.9 Å². The lowest BCUT2D eigenvalue weighted by Gasteiger charge is -2.16. The van der Waals surface area contributed by atoms with Gasteiger partial charge >= 0.3 is 0 Å². The molecule has 0 saturated carbocycles. The number of ether oxygens (including phenoxy) is 1. The monoisotopic (exact) mass is 494 g/mol. The van der Waals surface area contributed by atoms with E-state index in [1.54, 1.807) is 61.5 Å². The number of hydrogen-bond donors (Lipinski definition) is 3. The van der Waals surface area contributed by atoms with Crippen LogP contribution in [0.2, 0.25) is 5.02 Å². The summed E-state index contributed by atoms with van der Waals surface area (Å²) in [6, 6.07) is 17.1. The number of nitrogens with zero attached hydrogens (tertiary/aromatic N) is 3. The molecule has 0 aliphatic heterocycles. The molecule has 8 nitrogen and oxygen atoms in total. The summed E-state index contributed by atoms with van der Waals surface area (Å²) >= 11 is 5.92. The summed E-state index contributed by atoms with van der Waals surface area (Å²) < 4.78 is 20.7. The molecule has 1 amide bonds. The summed E-state index contributed by atoms with van der Waals surface area (Å²) in [5.41, 5.74) is 1.56. The Hall–Kier alpha value is -4.16. The van der Waals surface area contributed by atoms with Crippen molar-refractivity contribution >= 4 is 23.3 Å². The lowest BCUT2D eigenvalue weighted by atomic mass is 10.2. The van der Waals surface area contributed by atoms with Gasteiger partial charge in [0.2, 0.25) is 11.7 Å². The molecule has 3 aromatic rings. The molecule has 35 heavy (non-hydrogen) atoms. The van der Waals surface area contributed by atoms with E-state index in [2.05, 4.69) is 25.9 Å². The number of pyridine rings is 2. The number of carbonyl (C=O) groups is 1. The van der Waals surface area contributed by atoms with E-state index in [0.717, 1.165) is 5.56 Å². The largest absolute Gasteiger partial charge is 0.437 e. The van der Waals surface area contributed by atoms with Crippen molar-refractivity contribution in [2.45, 2.75) is 26.8 Å². The van der Waals surface area contributed by atoms with E-state index < -0.39 is 11.7 Å². The van der Waals surface area contributed by atoms with Gasteiger partial charge in [0.05, 0.1) is 5.69 Å². The highest BCUT2D eigenvalue weighted by molar-refractivity contribution is 6.30. The van der Waals surface area contributed by atoms with Crippen molar-refractivity contribution in [3.8, 4) is 17.7 Å². The third kappa shape index (κ3) is 7.42. The number of rotatable bonds is 10. The van der Waals surface area contributed by atoms with Crippen molar-refractivity contribution in [2.75, 3.05) is 11.9 Å². The van der Waals surface area contributed by atoms with Gasteiger partial charge in [-0.15, -0.1) is 0 Å². The van der Waals surface area contributed by atoms with E-state index >= 15 is 4.39 Å². The zero-order valence-corrected chi connectivity index (χ0v) is 20.0. The van der Waals surface area contributed by atoms with Crippen molar-refractivity contribution in [3.05, 3.63) is 88.2 Å². The van der Waals surface area contributed by atoms with Gasteiger partial charge in [-0.1, -0.05) is 36.7 Å². The first kappa shape index (κ1) is 25.5. The first-order chi connectivity index (χ1) is 16.9. The van der Waals surface area contributed by atoms with Crippen LogP contribution in [-0.4, -0.2) is 22.4 Å².